The smallest absolute Gasteiger partial charge is 0.313 e. The number of ether oxygens (including phenoxy) is 1. The number of carbonyl (C=O) groups excluding carboxylic acids is 1. The molecule has 0 radical (unpaired) electrons. The number of nitrogens with zero attached hydrogens (tertiary/aromatic N) is 2. The van der Waals surface area contributed by atoms with E-state index in [1.165, 1.54) is 0 Å². The summed E-state index contributed by atoms with van der Waals surface area (Å²) in [6.07, 6.45) is 0.0477. The summed E-state index contributed by atoms with van der Waals surface area (Å²) >= 11 is 11.9. The second-order valence-corrected chi connectivity index (χ2v) is 4.56. The van der Waals surface area contributed by atoms with Crippen LogP contribution < -0.4 is 0 Å². The lowest BCUT2D eigenvalue weighted by Gasteiger charge is -1.99. The molecular formula is C12H11Cl2N3O2. The lowest BCUT2D eigenvalue weighted by molar-refractivity contribution is -0.142. The van der Waals surface area contributed by atoms with Crippen LogP contribution in [0.1, 0.15) is 12.7 Å². The highest BCUT2D eigenvalue weighted by Crippen LogP contribution is 2.27. The molecule has 0 spiro atoms. The van der Waals surface area contributed by atoms with Crippen molar-refractivity contribution in [3.63, 3.8) is 0 Å². The molecule has 0 unspecified atom stereocenters. The van der Waals surface area contributed by atoms with Crippen LogP contribution in [0.15, 0.2) is 18.2 Å². The van der Waals surface area contributed by atoms with Crippen LogP contribution >= 0.6 is 23.2 Å². The fourth-order valence-corrected chi connectivity index (χ4v) is 2.01. The normalized spacial score (nSPS) is 10.5. The fraction of sp³-hybridized carbons (Fsp3) is 0.250. The number of nitrogens with one attached hydrogen (secondary N) is 1. The molecule has 100 valence electrons. The minimum Gasteiger partial charge on any atom is -0.466 e. The van der Waals surface area contributed by atoms with E-state index in [1.807, 2.05) is 0 Å². The van der Waals surface area contributed by atoms with Crippen molar-refractivity contribution in [1.82, 2.24) is 15.2 Å². The zero-order chi connectivity index (χ0) is 13.8. The number of benzene rings is 1. The molecule has 1 N–H and O–H groups in total. The molecule has 0 saturated carbocycles. The van der Waals surface area contributed by atoms with Gasteiger partial charge in [0.2, 0.25) is 0 Å². The molecule has 0 atom stereocenters. The Hall–Kier alpha value is -1.59. The van der Waals surface area contributed by atoms with Crippen molar-refractivity contribution < 1.29 is 9.53 Å². The molecule has 2 aromatic rings. The van der Waals surface area contributed by atoms with E-state index in [1.54, 1.807) is 25.1 Å². The van der Waals surface area contributed by atoms with Gasteiger partial charge in [-0.1, -0.05) is 23.2 Å². The average molecular weight is 300 g/mol. The van der Waals surface area contributed by atoms with Gasteiger partial charge in [-0.05, 0) is 25.1 Å². The third kappa shape index (κ3) is 3.45. The van der Waals surface area contributed by atoms with Gasteiger partial charge in [0.1, 0.15) is 12.2 Å². The van der Waals surface area contributed by atoms with Crippen LogP contribution in [-0.2, 0) is 16.0 Å². The Bertz CT molecular complexity index is 598. The lowest BCUT2D eigenvalue weighted by atomic mass is 10.2. The first-order chi connectivity index (χ1) is 9.10. The summed E-state index contributed by atoms with van der Waals surface area (Å²) in [5.74, 6) is 0.493. The standard InChI is InChI=1S/C12H11Cl2N3O2/c1-2-19-11(18)6-10-15-12(17-16-10)8-4-3-7(13)5-9(8)14/h3-5H,2,6H2,1H3,(H,15,16,17). The maximum Gasteiger partial charge on any atom is 0.313 e. The summed E-state index contributed by atoms with van der Waals surface area (Å²) in [5.41, 5.74) is 0.650. The molecule has 0 aliphatic carbocycles. The average Bonchev–Trinajstić information content (AvgIpc) is 2.77. The molecule has 1 heterocycles. The number of carbonyl (C=O) groups is 1. The first-order valence-corrected chi connectivity index (χ1v) is 6.38. The van der Waals surface area contributed by atoms with Gasteiger partial charge < -0.3 is 4.74 Å². The summed E-state index contributed by atoms with van der Waals surface area (Å²) < 4.78 is 4.83. The summed E-state index contributed by atoms with van der Waals surface area (Å²) in [7, 11) is 0. The van der Waals surface area contributed by atoms with E-state index in [0.717, 1.165) is 0 Å². The fourth-order valence-electron chi connectivity index (χ4n) is 1.51. The molecular weight excluding hydrogens is 289 g/mol. The molecule has 1 aromatic heterocycles. The molecule has 1 aromatic carbocycles. The van der Waals surface area contributed by atoms with Crippen LogP contribution in [0.5, 0.6) is 0 Å². The maximum absolute atomic E-state index is 11.3. The molecule has 0 aliphatic heterocycles. The molecule has 7 heteroatoms. The molecule has 19 heavy (non-hydrogen) atoms. The van der Waals surface area contributed by atoms with Gasteiger partial charge in [-0.3, -0.25) is 9.89 Å². The molecule has 2 rings (SSSR count). The van der Waals surface area contributed by atoms with Crippen molar-refractivity contribution in [3.8, 4) is 11.4 Å². The van der Waals surface area contributed by atoms with Gasteiger partial charge in [-0.2, -0.15) is 5.10 Å². The molecule has 0 aliphatic rings. The first-order valence-electron chi connectivity index (χ1n) is 5.62. The minimum atomic E-state index is -0.354. The van der Waals surface area contributed by atoms with Crippen molar-refractivity contribution in [2.45, 2.75) is 13.3 Å². The number of rotatable bonds is 4. The third-order valence-electron chi connectivity index (χ3n) is 2.32. The van der Waals surface area contributed by atoms with Crippen LogP contribution in [0.2, 0.25) is 10.0 Å². The SMILES string of the molecule is CCOC(=O)Cc1nc(-c2ccc(Cl)cc2Cl)n[nH]1. The predicted octanol–water partition coefficient (Wildman–Crippen LogP) is 2.88. The molecule has 0 bridgehead atoms. The Morgan fingerprint density at radius 2 is 2.21 bits per heavy atom. The van der Waals surface area contributed by atoms with E-state index in [2.05, 4.69) is 15.2 Å². The molecule has 5 nitrogen and oxygen atoms in total. The number of hydrogen-bond acceptors (Lipinski definition) is 4. The van der Waals surface area contributed by atoms with Crippen molar-refractivity contribution in [2.24, 2.45) is 0 Å². The predicted molar refractivity (Wildman–Crippen MR) is 72.2 cm³/mol. The minimum absolute atomic E-state index is 0.0477. The number of aromatic amines is 1. The van der Waals surface area contributed by atoms with Crippen molar-refractivity contribution in [1.29, 1.82) is 0 Å². The lowest BCUT2D eigenvalue weighted by Crippen LogP contribution is -2.08. The van der Waals surface area contributed by atoms with Crippen LogP contribution in [0.4, 0.5) is 0 Å². The number of hydrogen-bond donors (Lipinski definition) is 1. The van der Waals surface area contributed by atoms with Crippen LogP contribution in [0.3, 0.4) is 0 Å². The van der Waals surface area contributed by atoms with Gasteiger partial charge in [-0.25, -0.2) is 4.98 Å². The Balaban J connectivity index is 2.18. The van der Waals surface area contributed by atoms with Gasteiger partial charge in [0, 0.05) is 10.6 Å². The Labute approximate surface area is 119 Å². The van der Waals surface area contributed by atoms with Gasteiger partial charge >= 0.3 is 5.97 Å². The summed E-state index contributed by atoms with van der Waals surface area (Å²) in [4.78, 5) is 15.5. The topological polar surface area (TPSA) is 67.9 Å². The quantitative estimate of drug-likeness (QED) is 0.882. The zero-order valence-corrected chi connectivity index (χ0v) is 11.6. The van der Waals surface area contributed by atoms with Crippen LogP contribution in [0.25, 0.3) is 11.4 Å². The maximum atomic E-state index is 11.3. The van der Waals surface area contributed by atoms with E-state index in [-0.39, 0.29) is 12.4 Å². The highest BCUT2D eigenvalue weighted by atomic mass is 35.5. The Morgan fingerprint density at radius 1 is 1.42 bits per heavy atom. The third-order valence-corrected chi connectivity index (χ3v) is 2.87. The molecule has 0 fully saturated rings. The van der Waals surface area contributed by atoms with E-state index >= 15 is 0 Å². The Morgan fingerprint density at radius 3 is 2.89 bits per heavy atom. The summed E-state index contributed by atoms with van der Waals surface area (Å²) in [6, 6.07) is 5.03. The number of halogens is 2. The van der Waals surface area contributed by atoms with E-state index in [0.29, 0.717) is 33.9 Å². The summed E-state index contributed by atoms with van der Waals surface area (Å²) in [5, 5.41) is 7.69. The van der Waals surface area contributed by atoms with Gasteiger partial charge in [0.05, 0.1) is 11.6 Å². The van der Waals surface area contributed by atoms with Crippen molar-refractivity contribution >= 4 is 29.2 Å². The molecule has 0 amide bonds. The monoisotopic (exact) mass is 299 g/mol. The second kappa shape index (κ2) is 6.04. The van der Waals surface area contributed by atoms with E-state index in [9.17, 15) is 4.79 Å². The largest absolute Gasteiger partial charge is 0.466 e. The number of esters is 1. The van der Waals surface area contributed by atoms with Gasteiger partial charge in [0.15, 0.2) is 5.82 Å². The number of H-pyrrole nitrogens is 1. The summed E-state index contributed by atoms with van der Waals surface area (Å²) in [6.45, 7) is 2.08. The second-order valence-electron chi connectivity index (χ2n) is 3.71. The van der Waals surface area contributed by atoms with Gasteiger partial charge in [-0.15, -0.1) is 0 Å². The van der Waals surface area contributed by atoms with E-state index < -0.39 is 0 Å². The van der Waals surface area contributed by atoms with Crippen LogP contribution in [0, 0.1) is 0 Å². The van der Waals surface area contributed by atoms with Crippen molar-refractivity contribution in [2.75, 3.05) is 6.61 Å². The number of aromatic nitrogens is 3. The highest BCUT2D eigenvalue weighted by molar-refractivity contribution is 6.36. The molecule has 0 saturated heterocycles. The zero-order valence-electron chi connectivity index (χ0n) is 10.1. The first kappa shape index (κ1) is 13.8. The Kier molecular flexibility index (Phi) is 4.39. The van der Waals surface area contributed by atoms with Crippen molar-refractivity contribution in [3.05, 3.63) is 34.1 Å². The van der Waals surface area contributed by atoms with Crippen LogP contribution in [-0.4, -0.2) is 27.8 Å². The van der Waals surface area contributed by atoms with E-state index in [4.69, 9.17) is 27.9 Å². The highest BCUT2D eigenvalue weighted by Gasteiger charge is 2.12. The van der Waals surface area contributed by atoms with Gasteiger partial charge in [0.25, 0.3) is 0 Å².